The van der Waals surface area contributed by atoms with Crippen molar-refractivity contribution in [1.82, 2.24) is 5.32 Å². The van der Waals surface area contributed by atoms with Gasteiger partial charge in [-0.15, -0.1) is 0 Å². The van der Waals surface area contributed by atoms with E-state index in [4.69, 9.17) is 9.47 Å². The Morgan fingerprint density at radius 2 is 1.91 bits per heavy atom. The maximum Gasteiger partial charge on any atom is 0.246 e. The van der Waals surface area contributed by atoms with E-state index in [0.29, 0.717) is 12.1 Å². The second kappa shape index (κ2) is 7.01. The molecule has 2 aromatic rings. The number of hydrogen-bond acceptors (Lipinski definition) is 3. The zero-order valence-corrected chi connectivity index (χ0v) is 13.0. The Bertz CT molecular complexity index is 723. The molecule has 0 bridgehead atoms. The van der Waals surface area contributed by atoms with Gasteiger partial charge in [0.05, 0.1) is 0 Å². The Kier molecular flexibility index (Phi) is 4.62. The van der Waals surface area contributed by atoms with E-state index < -0.39 is 0 Å². The van der Waals surface area contributed by atoms with Crippen molar-refractivity contribution < 1.29 is 14.3 Å². The molecule has 4 nitrogen and oxygen atoms in total. The topological polar surface area (TPSA) is 47.6 Å². The number of rotatable bonds is 5. The fraction of sp³-hybridized carbons (Fsp3) is 0.211. The van der Waals surface area contributed by atoms with Crippen LogP contribution in [-0.4, -0.2) is 19.2 Å². The molecule has 1 heterocycles. The molecule has 0 fully saturated rings. The summed E-state index contributed by atoms with van der Waals surface area (Å²) in [5.41, 5.74) is 2.83. The van der Waals surface area contributed by atoms with Gasteiger partial charge in [0.15, 0.2) is 11.5 Å². The van der Waals surface area contributed by atoms with E-state index in [-0.39, 0.29) is 12.7 Å². The van der Waals surface area contributed by atoms with Gasteiger partial charge < -0.3 is 14.8 Å². The predicted molar refractivity (Wildman–Crippen MR) is 89.4 cm³/mol. The van der Waals surface area contributed by atoms with Gasteiger partial charge in [0.1, 0.15) is 0 Å². The molecule has 23 heavy (non-hydrogen) atoms. The lowest BCUT2D eigenvalue weighted by Crippen LogP contribution is -2.26. The molecular formula is C19H19NO3. The molecule has 1 aliphatic heterocycles. The molecule has 0 radical (unpaired) electrons. The Labute approximate surface area is 135 Å². The smallest absolute Gasteiger partial charge is 0.246 e. The van der Waals surface area contributed by atoms with Crippen LogP contribution in [0.2, 0.25) is 0 Å². The fourth-order valence-electron chi connectivity index (χ4n) is 2.42. The molecule has 0 unspecified atom stereocenters. The summed E-state index contributed by atoms with van der Waals surface area (Å²) in [5, 5.41) is 2.94. The third-order valence-electron chi connectivity index (χ3n) is 3.68. The molecule has 3 rings (SSSR count). The van der Waals surface area contributed by atoms with Crippen LogP contribution < -0.4 is 14.8 Å². The summed E-state index contributed by atoms with van der Waals surface area (Å²) in [7, 11) is 0. The second-order valence-corrected chi connectivity index (χ2v) is 5.43. The molecule has 4 heteroatoms. The third-order valence-corrected chi connectivity index (χ3v) is 3.68. The lowest BCUT2D eigenvalue weighted by atomic mass is 10.1. The van der Waals surface area contributed by atoms with Crippen molar-refractivity contribution in [1.29, 1.82) is 0 Å². The first-order valence-electron chi connectivity index (χ1n) is 7.62. The van der Waals surface area contributed by atoms with Gasteiger partial charge in [0, 0.05) is 12.1 Å². The van der Waals surface area contributed by atoms with E-state index in [9.17, 15) is 4.79 Å². The largest absolute Gasteiger partial charge is 0.454 e. The lowest BCUT2D eigenvalue weighted by Gasteiger charge is -2.06. The first-order chi connectivity index (χ1) is 11.2. The average Bonchev–Trinajstić information content (AvgIpc) is 3.03. The number of carbonyl (C=O) groups excluding carboxylic acids is 1. The van der Waals surface area contributed by atoms with Crippen LogP contribution in [0.5, 0.6) is 11.5 Å². The highest BCUT2D eigenvalue weighted by Gasteiger charge is 2.13. The number of fused-ring (bicyclic) bond motifs is 1. The molecule has 1 amide bonds. The van der Waals surface area contributed by atoms with Crippen LogP contribution in [0.4, 0.5) is 0 Å². The summed E-state index contributed by atoms with van der Waals surface area (Å²) < 4.78 is 10.6. The minimum atomic E-state index is -0.0467. The Morgan fingerprint density at radius 1 is 1.13 bits per heavy atom. The molecule has 1 N–H and O–H groups in total. The minimum absolute atomic E-state index is 0.0467. The quantitative estimate of drug-likeness (QED) is 0.863. The molecule has 0 atom stereocenters. The van der Waals surface area contributed by atoms with E-state index >= 15 is 0 Å². The monoisotopic (exact) mass is 309 g/mol. The summed E-state index contributed by atoms with van der Waals surface area (Å²) >= 11 is 0. The van der Waals surface area contributed by atoms with Crippen molar-refractivity contribution >= 4 is 12.0 Å². The Morgan fingerprint density at radius 3 is 2.74 bits per heavy atom. The maximum absolute atomic E-state index is 12.1. The second-order valence-electron chi connectivity index (χ2n) is 5.43. The first kappa shape index (κ1) is 15.2. The highest BCUT2D eigenvalue weighted by molar-refractivity contribution is 5.97. The first-order valence-corrected chi connectivity index (χ1v) is 7.62. The Balaban J connectivity index is 1.52. The van der Waals surface area contributed by atoms with Gasteiger partial charge in [0.2, 0.25) is 12.7 Å². The summed E-state index contributed by atoms with van der Waals surface area (Å²) in [4.78, 5) is 12.1. The van der Waals surface area contributed by atoms with Crippen LogP contribution in [0.1, 0.15) is 18.1 Å². The summed E-state index contributed by atoms with van der Waals surface area (Å²) in [5.74, 6) is 1.50. The van der Waals surface area contributed by atoms with Gasteiger partial charge >= 0.3 is 0 Å². The molecule has 118 valence electrons. The summed E-state index contributed by atoms with van der Waals surface area (Å²) in [6.45, 7) is 2.68. The molecule has 0 aliphatic carbocycles. The zero-order valence-electron chi connectivity index (χ0n) is 13.0. The number of ether oxygens (including phenoxy) is 2. The van der Waals surface area contributed by atoms with Crippen molar-refractivity contribution in [3.8, 4) is 11.5 Å². The maximum atomic E-state index is 12.1. The van der Waals surface area contributed by atoms with Crippen LogP contribution in [0.3, 0.4) is 0 Å². The molecule has 0 saturated carbocycles. The van der Waals surface area contributed by atoms with E-state index in [1.54, 1.807) is 0 Å². The van der Waals surface area contributed by atoms with Gasteiger partial charge in [-0.05, 0) is 42.7 Å². The zero-order chi connectivity index (χ0) is 16.1. The molecule has 2 aromatic carbocycles. The number of carbonyl (C=O) groups is 1. The van der Waals surface area contributed by atoms with Crippen LogP contribution >= 0.6 is 0 Å². The van der Waals surface area contributed by atoms with Crippen LogP contribution in [0, 0.1) is 0 Å². The van der Waals surface area contributed by atoms with Gasteiger partial charge in [0.25, 0.3) is 0 Å². The molecule has 0 aromatic heterocycles. The van der Waals surface area contributed by atoms with Gasteiger partial charge in [-0.3, -0.25) is 4.79 Å². The third kappa shape index (κ3) is 3.92. The van der Waals surface area contributed by atoms with Crippen molar-refractivity contribution in [2.45, 2.75) is 13.3 Å². The normalized spacial score (nSPS) is 13.0. The SMILES string of the molecule is C/C(=C\c1ccccc1)C(=O)NCCc1ccc2c(c1)OCO2. The van der Waals surface area contributed by atoms with Crippen molar-refractivity contribution in [2.24, 2.45) is 0 Å². The number of benzene rings is 2. The summed E-state index contributed by atoms with van der Waals surface area (Å²) in [6, 6.07) is 15.7. The molecule has 1 aliphatic rings. The fourth-order valence-corrected chi connectivity index (χ4v) is 2.42. The highest BCUT2D eigenvalue weighted by atomic mass is 16.7. The highest BCUT2D eigenvalue weighted by Crippen LogP contribution is 2.32. The van der Waals surface area contributed by atoms with Gasteiger partial charge in [-0.2, -0.15) is 0 Å². The molecular weight excluding hydrogens is 290 g/mol. The van der Waals surface area contributed by atoms with Crippen LogP contribution in [-0.2, 0) is 11.2 Å². The predicted octanol–water partition coefficient (Wildman–Crippen LogP) is 3.18. The number of hydrogen-bond donors (Lipinski definition) is 1. The number of nitrogens with one attached hydrogen (secondary N) is 1. The van der Waals surface area contributed by atoms with Gasteiger partial charge in [-0.25, -0.2) is 0 Å². The van der Waals surface area contributed by atoms with Crippen molar-refractivity contribution in [3.63, 3.8) is 0 Å². The summed E-state index contributed by atoms with van der Waals surface area (Å²) in [6.07, 6.45) is 2.64. The van der Waals surface area contributed by atoms with E-state index in [1.807, 2.05) is 61.5 Å². The van der Waals surface area contributed by atoms with Crippen molar-refractivity contribution in [2.75, 3.05) is 13.3 Å². The van der Waals surface area contributed by atoms with E-state index in [0.717, 1.165) is 29.0 Å². The standard InChI is InChI=1S/C19H19NO3/c1-14(11-15-5-3-2-4-6-15)19(21)20-10-9-16-7-8-17-18(12-16)23-13-22-17/h2-8,11-12H,9-10,13H2,1H3,(H,20,21)/b14-11+. The van der Waals surface area contributed by atoms with E-state index in [1.165, 1.54) is 0 Å². The molecule has 0 spiro atoms. The molecule has 0 saturated heterocycles. The van der Waals surface area contributed by atoms with Crippen LogP contribution in [0.25, 0.3) is 6.08 Å². The van der Waals surface area contributed by atoms with Crippen LogP contribution in [0.15, 0.2) is 54.1 Å². The Hall–Kier alpha value is -2.75. The van der Waals surface area contributed by atoms with Crippen molar-refractivity contribution in [3.05, 3.63) is 65.2 Å². The lowest BCUT2D eigenvalue weighted by molar-refractivity contribution is -0.117. The van der Waals surface area contributed by atoms with E-state index in [2.05, 4.69) is 5.32 Å². The number of amides is 1. The minimum Gasteiger partial charge on any atom is -0.454 e. The van der Waals surface area contributed by atoms with Gasteiger partial charge in [-0.1, -0.05) is 36.4 Å². The average molecular weight is 309 g/mol.